The summed E-state index contributed by atoms with van der Waals surface area (Å²) in [4.78, 5) is 20.3. The maximum absolute atomic E-state index is 12.0. The van der Waals surface area contributed by atoms with Crippen LogP contribution in [0.2, 0.25) is 5.02 Å². The number of Topliss-reactive ketones (excluding diaryl/α,β-unsaturated/α-hetero) is 1. The summed E-state index contributed by atoms with van der Waals surface area (Å²) in [6, 6.07) is 9.19. The monoisotopic (exact) mass is 386 g/mol. The topological polar surface area (TPSA) is 45.8 Å². The number of carbonyl (C=O) groups is 1. The molecular weight excluding hydrogens is 380 g/mol. The van der Waals surface area contributed by atoms with Crippen molar-refractivity contribution in [2.24, 2.45) is 0 Å². The van der Waals surface area contributed by atoms with Crippen LogP contribution in [0.4, 0.5) is 0 Å². The number of imidazole rings is 1. The Bertz CT molecular complexity index is 784. The summed E-state index contributed by atoms with van der Waals surface area (Å²) < 4.78 is 0.962. The normalized spacial score (nSPS) is 11.1. The van der Waals surface area contributed by atoms with Gasteiger partial charge in [-0.2, -0.15) is 0 Å². The largest absolute Gasteiger partial charge is 0.333 e. The fourth-order valence-corrected chi connectivity index (χ4v) is 4.05. The lowest BCUT2D eigenvalue weighted by atomic mass is 10.3. The highest BCUT2D eigenvalue weighted by Crippen LogP contribution is 2.26. The minimum Gasteiger partial charge on any atom is -0.333 e. The fraction of sp³-hybridized carbons (Fsp3) is 0.0769. The van der Waals surface area contributed by atoms with Gasteiger partial charge in [-0.1, -0.05) is 23.4 Å². The molecule has 1 aromatic carbocycles. The number of carbonyl (C=O) groups excluding carboxylic acids is 1. The SMILES string of the molecule is O=C(CSc1nc2ccc(Cl)cc2[nH]1)c1ccc(Br)s1. The van der Waals surface area contributed by atoms with Crippen LogP contribution in [-0.4, -0.2) is 21.5 Å². The van der Waals surface area contributed by atoms with Crippen molar-refractivity contribution in [1.29, 1.82) is 0 Å². The van der Waals surface area contributed by atoms with E-state index in [9.17, 15) is 4.79 Å². The van der Waals surface area contributed by atoms with Crippen LogP contribution in [0.5, 0.6) is 0 Å². The lowest BCUT2D eigenvalue weighted by Crippen LogP contribution is -1.99. The quantitative estimate of drug-likeness (QED) is 0.505. The zero-order valence-corrected chi connectivity index (χ0v) is 14.0. The second-order valence-electron chi connectivity index (χ2n) is 4.02. The maximum atomic E-state index is 12.0. The van der Waals surface area contributed by atoms with Crippen LogP contribution >= 0.6 is 50.6 Å². The molecule has 2 aromatic heterocycles. The molecule has 0 aliphatic rings. The van der Waals surface area contributed by atoms with E-state index in [1.807, 2.05) is 24.3 Å². The van der Waals surface area contributed by atoms with Gasteiger partial charge in [-0.05, 0) is 46.3 Å². The van der Waals surface area contributed by atoms with Gasteiger partial charge < -0.3 is 4.98 Å². The minimum atomic E-state index is 0.101. The fourth-order valence-electron chi connectivity index (χ4n) is 1.70. The van der Waals surface area contributed by atoms with Crippen LogP contribution in [0.15, 0.2) is 39.3 Å². The van der Waals surface area contributed by atoms with Crippen molar-refractivity contribution in [3.05, 3.63) is 44.0 Å². The van der Waals surface area contributed by atoms with E-state index in [2.05, 4.69) is 25.9 Å². The van der Waals surface area contributed by atoms with Crippen molar-refractivity contribution in [1.82, 2.24) is 9.97 Å². The Morgan fingerprint density at radius 1 is 1.40 bits per heavy atom. The predicted octanol–water partition coefficient (Wildman–Crippen LogP) is 5.02. The van der Waals surface area contributed by atoms with Crippen molar-refractivity contribution < 1.29 is 4.79 Å². The summed E-state index contributed by atoms with van der Waals surface area (Å²) in [7, 11) is 0. The van der Waals surface area contributed by atoms with Gasteiger partial charge >= 0.3 is 0 Å². The molecule has 0 saturated carbocycles. The van der Waals surface area contributed by atoms with Gasteiger partial charge in [-0.3, -0.25) is 4.79 Å². The number of H-pyrrole nitrogens is 1. The number of hydrogen-bond acceptors (Lipinski definition) is 4. The number of halogens is 2. The van der Waals surface area contributed by atoms with Crippen LogP contribution in [0, 0.1) is 0 Å². The molecule has 0 radical (unpaired) electrons. The van der Waals surface area contributed by atoms with Gasteiger partial charge in [0, 0.05) is 5.02 Å². The van der Waals surface area contributed by atoms with Crippen LogP contribution < -0.4 is 0 Å². The lowest BCUT2D eigenvalue weighted by Gasteiger charge is -1.95. The molecule has 7 heteroatoms. The van der Waals surface area contributed by atoms with E-state index < -0.39 is 0 Å². The predicted molar refractivity (Wildman–Crippen MR) is 88.2 cm³/mol. The number of ketones is 1. The zero-order valence-electron chi connectivity index (χ0n) is 10.0. The van der Waals surface area contributed by atoms with E-state index in [0.717, 1.165) is 24.9 Å². The number of aromatic nitrogens is 2. The summed E-state index contributed by atoms with van der Waals surface area (Å²) in [5, 5.41) is 1.39. The van der Waals surface area contributed by atoms with E-state index >= 15 is 0 Å². The first-order valence-corrected chi connectivity index (χ1v) is 8.66. The zero-order chi connectivity index (χ0) is 14.1. The number of nitrogens with one attached hydrogen (secondary N) is 1. The van der Waals surface area contributed by atoms with Crippen molar-refractivity contribution in [3.63, 3.8) is 0 Å². The lowest BCUT2D eigenvalue weighted by molar-refractivity contribution is 0.102. The summed E-state index contributed by atoms with van der Waals surface area (Å²) in [5.74, 6) is 0.463. The molecule has 1 N–H and O–H groups in total. The third-order valence-electron chi connectivity index (χ3n) is 2.61. The smallest absolute Gasteiger partial charge is 0.183 e. The molecule has 20 heavy (non-hydrogen) atoms. The molecule has 0 bridgehead atoms. The van der Waals surface area contributed by atoms with Gasteiger partial charge in [0.25, 0.3) is 0 Å². The van der Waals surface area contributed by atoms with Crippen LogP contribution in [-0.2, 0) is 0 Å². The molecule has 0 atom stereocenters. The van der Waals surface area contributed by atoms with E-state index in [4.69, 9.17) is 11.6 Å². The van der Waals surface area contributed by atoms with Gasteiger partial charge in [0.1, 0.15) is 0 Å². The summed E-state index contributed by atoms with van der Waals surface area (Å²) in [5.41, 5.74) is 1.73. The highest BCUT2D eigenvalue weighted by atomic mass is 79.9. The number of benzene rings is 1. The number of thioether (sulfide) groups is 1. The summed E-state index contributed by atoms with van der Waals surface area (Å²) in [6.45, 7) is 0. The highest BCUT2D eigenvalue weighted by molar-refractivity contribution is 9.11. The molecule has 3 rings (SSSR count). The third-order valence-corrected chi connectivity index (χ3v) is 5.38. The van der Waals surface area contributed by atoms with Gasteiger partial charge in [0.05, 0.1) is 25.4 Å². The van der Waals surface area contributed by atoms with Crippen molar-refractivity contribution >= 4 is 67.4 Å². The molecule has 0 spiro atoms. The average Bonchev–Trinajstić information content (AvgIpc) is 3.01. The first kappa shape index (κ1) is 14.1. The Morgan fingerprint density at radius 3 is 3.00 bits per heavy atom. The number of fused-ring (bicyclic) bond motifs is 1. The van der Waals surface area contributed by atoms with Crippen molar-refractivity contribution in [2.45, 2.75) is 5.16 Å². The molecule has 3 nitrogen and oxygen atoms in total. The number of aromatic amines is 1. The Hall–Kier alpha value is -0.820. The molecule has 0 amide bonds. The van der Waals surface area contributed by atoms with Crippen molar-refractivity contribution in [2.75, 3.05) is 5.75 Å². The van der Waals surface area contributed by atoms with Gasteiger partial charge in [-0.25, -0.2) is 4.98 Å². The van der Waals surface area contributed by atoms with Gasteiger partial charge in [-0.15, -0.1) is 11.3 Å². The average molecular weight is 388 g/mol. The second-order valence-corrected chi connectivity index (χ2v) is 7.88. The van der Waals surface area contributed by atoms with Crippen LogP contribution in [0.25, 0.3) is 11.0 Å². The number of rotatable bonds is 4. The van der Waals surface area contributed by atoms with Crippen molar-refractivity contribution in [3.8, 4) is 0 Å². The summed E-state index contributed by atoms with van der Waals surface area (Å²) in [6.07, 6.45) is 0. The van der Waals surface area contributed by atoms with Gasteiger partial charge in [0.15, 0.2) is 10.9 Å². The Balaban J connectivity index is 1.72. The van der Waals surface area contributed by atoms with E-state index in [0.29, 0.717) is 10.8 Å². The molecule has 3 aromatic rings. The minimum absolute atomic E-state index is 0.101. The molecule has 2 heterocycles. The van der Waals surface area contributed by atoms with E-state index in [-0.39, 0.29) is 5.78 Å². The summed E-state index contributed by atoms with van der Waals surface area (Å²) >= 11 is 12.1. The molecule has 0 aliphatic heterocycles. The molecule has 0 fully saturated rings. The maximum Gasteiger partial charge on any atom is 0.183 e. The Kier molecular flexibility index (Phi) is 4.16. The highest BCUT2D eigenvalue weighted by Gasteiger charge is 2.11. The Labute approximate surface area is 136 Å². The van der Waals surface area contributed by atoms with E-state index in [1.54, 1.807) is 6.07 Å². The standard InChI is InChI=1S/C13H8BrClN2OS2/c14-12-4-3-11(20-12)10(18)6-19-13-16-8-2-1-7(15)5-9(8)17-13/h1-5H,6H2,(H,16,17). The molecule has 0 aliphatic carbocycles. The first-order valence-electron chi connectivity index (χ1n) is 5.68. The first-order chi connectivity index (χ1) is 9.61. The van der Waals surface area contributed by atoms with Gasteiger partial charge in [0.2, 0.25) is 0 Å². The molecule has 0 saturated heterocycles. The number of thiophene rings is 1. The Morgan fingerprint density at radius 2 is 2.25 bits per heavy atom. The molecular formula is C13H8BrClN2OS2. The molecule has 0 unspecified atom stereocenters. The molecule has 102 valence electrons. The van der Waals surface area contributed by atoms with E-state index in [1.165, 1.54) is 23.1 Å². The third kappa shape index (κ3) is 3.09. The van der Waals surface area contributed by atoms with Crippen LogP contribution in [0.3, 0.4) is 0 Å². The number of hydrogen-bond donors (Lipinski definition) is 1. The number of nitrogens with zero attached hydrogens (tertiary/aromatic N) is 1. The van der Waals surface area contributed by atoms with Crippen LogP contribution in [0.1, 0.15) is 9.67 Å². The second kappa shape index (κ2) is 5.89.